The molecule has 0 aliphatic carbocycles. The molecule has 2 aromatic carbocycles. The maximum atomic E-state index is 12.4. The van der Waals surface area contributed by atoms with Crippen molar-refractivity contribution in [2.75, 3.05) is 0 Å². The molecule has 0 aliphatic rings. The van der Waals surface area contributed by atoms with Gasteiger partial charge in [0.2, 0.25) is 15.7 Å². The van der Waals surface area contributed by atoms with Gasteiger partial charge in [0, 0.05) is 17.5 Å². The predicted octanol–water partition coefficient (Wildman–Crippen LogP) is 2.79. The van der Waals surface area contributed by atoms with Crippen LogP contribution in [-0.2, 0) is 0 Å². The highest BCUT2D eigenvalue weighted by Crippen LogP contribution is 2.26. The highest BCUT2D eigenvalue weighted by molar-refractivity contribution is 7.19. The Balaban J connectivity index is 1.46. The molecular formula is C21H12N5O4S+. The molecule has 0 atom stereocenters. The zero-order chi connectivity index (χ0) is 20.9. The third-order valence-electron chi connectivity index (χ3n) is 4.82. The van der Waals surface area contributed by atoms with Crippen LogP contribution in [0.5, 0.6) is 0 Å². The Labute approximate surface area is 176 Å². The number of rotatable bonds is 3. The lowest BCUT2D eigenvalue weighted by molar-refractivity contribution is -0.660. The summed E-state index contributed by atoms with van der Waals surface area (Å²) in [6.45, 7) is 0. The summed E-state index contributed by atoms with van der Waals surface area (Å²) in [6, 6.07) is 18.3. The van der Waals surface area contributed by atoms with Gasteiger partial charge in [0.15, 0.2) is 0 Å². The van der Waals surface area contributed by atoms with E-state index in [1.165, 1.54) is 20.5 Å². The molecule has 0 unspecified atom stereocenters. The van der Waals surface area contributed by atoms with E-state index in [1.54, 1.807) is 18.3 Å². The molecule has 0 radical (unpaired) electrons. The number of aromatic nitrogens is 5. The summed E-state index contributed by atoms with van der Waals surface area (Å²) in [4.78, 5) is 29.8. The van der Waals surface area contributed by atoms with Gasteiger partial charge in [-0.25, -0.2) is 19.1 Å². The van der Waals surface area contributed by atoms with Crippen molar-refractivity contribution in [3.8, 4) is 27.6 Å². The quantitative estimate of drug-likeness (QED) is 0.341. The maximum Gasteiger partial charge on any atom is 0.438 e. The Hall–Kier alpha value is -4.31. The molecule has 10 heteroatoms. The monoisotopic (exact) mass is 430 g/mol. The molecular weight excluding hydrogens is 418 g/mol. The topological polar surface area (TPSA) is 110 Å². The van der Waals surface area contributed by atoms with Crippen LogP contribution in [0.1, 0.15) is 0 Å². The van der Waals surface area contributed by atoms with Crippen LogP contribution in [0.2, 0.25) is 0 Å². The number of hydrogen-bond donors (Lipinski definition) is 1. The summed E-state index contributed by atoms with van der Waals surface area (Å²) < 4.78 is 13.5. The molecule has 0 spiro atoms. The lowest BCUT2D eigenvalue weighted by Crippen LogP contribution is -2.36. The van der Waals surface area contributed by atoms with Gasteiger partial charge in [0.25, 0.3) is 0 Å². The number of fused-ring (bicyclic) bond motifs is 2. The van der Waals surface area contributed by atoms with E-state index in [-0.39, 0.29) is 5.69 Å². The van der Waals surface area contributed by atoms with E-state index in [9.17, 15) is 9.59 Å². The second-order valence-corrected chi connectivity index (χ2v) is 7.70. The highest BCUT2D eigenvalue weighted by atomic mass is 32.1. The van der Waals surface area contributed by atoms with E-state index in [2.05, 4.69) is 15.4 Å². The van der Waals surface area contributed by atoms with Gasteiger partial charge < -0.3 is 4.42 Å². The van der Waals surface area contributed by atoms with Crippen molar-refractivity contribution in [3.63, 3.8) is 0 Å². The molecule has 4 heterocycles. The van der Waals surface area contributed by atoms with Crippen molar-refractivity contribution < 1.29 is 13.6 Å². The fourth-order valence-corrected chi connectivity index (χ4v) is 4.28. The van der Waals surface area contributed by atoms with Gasteiger partial charge in [-0.1, -0.05) is 47.7 Å². The summed E-state index contributed by atoms with van der Waals surface area (Å²) in [7, 11) is 0. The number of H-pyrrole nitrogens is 1. The Morgan fingerprint density at radius 2 is 1.81 bits per heavy atom. The van der Waals surface area contributed by atoms with Crippen LogP contribution in [0.3, 0.4) is 0 Å². The third kappa shape index (κ3) is 2.81. The van der Waals surface area contributed by atoms with Crippen LogP contribution < -0.4 is 15.9 Å². The average Bonchev–Trinajstić information content (AvgIpc) is 3.46. The normalized spacial score (nSPS) is 11.5. The van der Waals surface area contributed by atoms with Gasteiger partial charge in [0.1, 0.15) is 5.58 Å². The number of imidazole rings is 1. The lowest BCUT2D eigenvalue weighted by atomic mass is 10.1. The number of nitrogens with zero attached hydrogens (tertiary/aromatic N) is 4. The molecule has 0 fully saturated rings. The molecule has 0 saturated carbocycles. The number of nitrogens with one attached hydrogen (secondary N) is 1. The molecule has 31 heavy (non-hydrogen) atoms. The Morgan fingerprint density at radius 3 is 2.65 bits per heavy atom. The highest BCUT2D eigenvalue weighted by Gasteiger charge is 2.29. The fraction of sp³-hybridized carbons (Fsp3) is 0. The van der Waals surface area contributed by atoms with Crippen LogP contribution >= 0.6 is 11.3 Å². The molecule has 6 rings (SSSR count). The zero-order valence-electron chi connectivity index (χ0n) is 15.7. The minimum Gasteiger partial charge on any atom is -0.422 e. The van der Waals surface area contributed by atoms with E-state index in [1.807, 2.05) is 48.5 Å². The first-order valence-electron chi connectivity index (χ1n) is 9.26. The molecule has 6 aromatic rings. The first-order chi connectivity index (χ1) is 15.2. The zero-order valence-corrected chi connectivity index (χ0v) is 16.5. The number of benzene rings is 2. The van der Waals surface area contributed by atoms with Crippen LogP contribution in [0.4, 0.5) is 0 Å². The van der Waals surface area contributed by atoms with E-state index in [4.69, 9.17) is 8.94 Å². The van der Waals surface area contributed by atoms with Gasteiger partial charge in [-0.2, -0.15) is 0 Å². The van der Waals surface area contributed by atoms with Crippen molar-refractivity contribution in [2.24, 2.45) is 0 Å². The minimum absolute atomic E-state index is 0.258. The summed E-state index contributed by atoms with van der Waals surface area (Å²) in [6.07, 6.45) is 1.64. The maximum absolute atomic E-state index is 12.4. The Bertz CT molecular complexity index is 1660. The van der Waals surface area contributed by atoms with Crippen molar-refractivity contribution in [2.45, 2.75) is 0 Å². The first-order valence-corrected chi connectivity index (χ1v) is 10.1. The largest absolute Gasteiger partial charge is 0.438 e. The summed E-state index contributed by atoms with van der Waals surface area (Å²) in [5.41, 5.74) is 1.27. The molecule has 1 N–H and O–H groups in total. The van der Waals surface area contributed by atoms with Gasteiger partial charge in [-0.3, -0.25) is 4.52 Å². The van der Waals surface area contributed by atoms with Crippen molar-refractivity contribution in [1.82, 2.24) is 19.9 Å². The van der Waals surface area contributed by atoms with Gasteiger partial charge in [-0.05, 0) is 22.1 Å². The van der Waals surface area contributed by atoms with Gasteiger partial charge in [-0.15, -0.1) is 5.10 Å². The number of aromatic amines is 1. The second kappa shape index (κ2) is 6.61. The molecule has 0 bridgehead atoms. The first kappa shape index (κ1) is 17.5. The Morgan fingerprint density at radius 1 is 1.00 bits per heavy atom. The van der Waals surface area contributed by atoms with Crippen LogP contribution in [-0.4, -0.2) is 19.9 Å². The van der Waals surface area contributed by atoms with Gasteiger partial charge in [0.05, 0.1) is 17.5 Å². The summed E-state index contributed by atoms with van der Waals surface area (Å²) >= 11 is 1.21. The predicted molar refractivity (Wildman–Crippen MR) is 112 cm³/mol. The Kier molecular flexibility index (Phi) is 3.74. The molecule has 150 valence electrons. The van der Waals surface area contributed by atoms with Crippen LogP contribution in [0.15, 0.2) is 85.4 Å². The molecule has 0 amide bonds. The van der Waals surface area contributed by atoms with E-state index < -0.39 is 11.3 Å². The smallest absolute Gasteiger partial charge is 0.422 e. The number of para-hydroxylation sites is 2. The van der Waals surface area contributed by atoms with Crippen molar-refractivity contribution in [1.29, 1.82) is 0 Å². The van der Waals surface area contributed by atoms with E-state index in [0.717, 1.165) is 11.1 Å². The van der Waals surface area contributed by atoms with Crippen LogP contribution in [0, 0.1) is 0 Å². The van der Waals surface area contributed by atoms with Gasteiger partial charge >= 0.3 is 16.9 Å². The van der Waals surface area contributed by atoms with E-state index in [0.29, 0.717) is 26.8 Å². The van der Waals surface area contributed by atoms with E-state index >= 15 is 0 Å². The second-order valence-electron chi connectivity index (χ2n) is 6.75. The lowest BCUT2D eigenvalue weighted by Gasteiger charge is -1.98. The summed E-state index contributed by atoms with van der Waals surface area (Å²) in [5, 5.41) is 8.31. The number of hydrogen-bond acceptors (Lipinski definition) is 7. The molecule has 9 nitrogen and oxygen atoms in total. The average molecular weight is 430 g/mol. The molecule has 0 aliphatic heterocycles. The minimum atomic E-state index is -0.545. The SMILES string of the molecule is O=c1oc2ccccc2cc1-c1cn2nc(-c3c(=O)o[nH][n+]3-c3ccccc3)sc2n1. The molecule has 0 saturated heterocycles. The third-order valence-corrected chi connectivity index (χ3v) is 5.75. The van der Waals surface area contributed by atoms with Crippen molar-refractivity contribution >= 4 is 27.3 Å². The van der Waals surface area contributed by atoms with Crippen LogP contribution in [0.25, 0.3) is 43.6 Å². The molecule has 4 aromatic heterocycles. The summed E-state index contributed by atoms with van der Waals surface area (Å²) in [5.74, 6) is 0. The fourth-order valence-electron chi connectivity index (χ4n) is 3.38. The van der Waals surface area contributed by atoms with Crippen molar-refractivity contribution in [3.05, 3.63) is 87.7 Å². The standard InChI is InChI=1S/C21H11N5O4S/c27-19-14(10-12-6-4-5-9-16(12)29-19)15-11-25-21(22-15)31-18(23-25)17-20(28)30-24-26(17)13-7-2-1-3-8-13/h1-11H/p+1.